The zero-order chi connectivity index (χ0) is 13.4. The van der Waals surface area contributed by atoms with Gasteiger partial charge in [0.2, 0.25) is 0 Å². The van der Waals surface area contributed by atoms with E-state index in [1.807, 2.05) is 12.4 Å². The fourth-order valence-corrected chi connectivity index (χ4v) is 3.51. The Balaban J connectivity index is 1.61. The first kappa shape index (κ1) is 11.9. The van der Waals surface area contributed by atoms with Crippen LogP contribution in [0.5, 0.6) is 0 Å². The number of hydrogen-bond donors (Lipinski definition) is 1. The van der Waals surface area contributed by atoms with Crippen molar-refractivity contribution < 1.29 is 0 Å². The van der Waals surface area contributed by atoms with Crippen molar-refractivity contribution in [1.82, 2.24) is 19.9 Å². The Morgan fingerprint density at radius 2 is 2.15 bits per heavy atom. The topological polar surface area (TPSA) is 57.7 Å². The van der Waals surface area contributed by atoms with Crippen molar-refractivity contribution in [2.24, 2.45) is 0 Å². The van der Waals surface area contributed by atoms with Gasteiger partial charge in [-0.1, -0.05) is 0 Å². The van der Waals surface area contributed by atoms with Crippen molar-refractivity contribution in [2.75, 3.05) is 18.0 Å². The Morgan fingerprint density at radius 3 is 3.05 bits per heavy atom. The number of anilines is 1. The van der Waals surface area contributed by atoms with E-state index in [9.17, 15) is 0 Å². The van der Waals surface area contributed by atoms with Gasteiger partial charge in [-0.15, -0.1) is 0 Å². The summed E-state index contributed by atoms with van der Waals surface area (Å²) in [7, 11) is 0. The summed E-state index contributed by atoms with van der Waals surface area (Å²) in [5, 5.41) is 0. The predicted molar refractivity (Wildman–Crippen MR) is 76.8 cm³/mol. The molecule has 1 aliphatic carbocycles. The number of H-pyrrole nitrogens is 1. The number of imidazole rings is 1. The Bertz CT molecular complexity index is 592. The molecule has 3 heterocycles. The SMILES string of the molecule is c1c[nH]c([C@H]2CCCN(c3ncnc4c3CCC4)C2)n1. The van der Waals surface area contributed by atoms with Crippen LogP contribution in [0.2, 0.25) is 0 Å². The summed E-state index contributed by atoms with van der Waals surface area (Å²) in [6.45, 7) is 2.11. The van der Waals surface area contributed by atoms with E-state index in [0.717, 1.165) is 31.8 Å². The minimum absolute atomic E-state index is 0.491. The molecule has 1 atom stereocenters. The van der Waals surface area contributed by atoms with Gasteiger partial charge in [-0.05, 0) is 32.1 Å². The lowest BCUT2D eigenvalue weighted by Gasteiger charge is -2.33. The van der Waals surface area contributed by atoms with Crippen molar-refractivity contribution in [3.8, 4) is 0 Å². The largest absolute Gasteiger partial charge is 0.356 e. The summed E-state index contributed by atoms with van der Waals surface area (Å²) in [6.07, 6.45) is 11.4. The maximum atomic E-state index is 4.57. The number of aryl methyl sites for hydroxylation is 1. The van der Waals surface area contributed by atoms with Gasteiger partial charge in [0.15, 0.2) is 0 Å². The molecule has 1 N–H and O–H groups in total. The summed E-state index contributed by atoms with van der Waals surface area (Å²) in [6, 6.07) is 0. The summed E-state index contributed by atoms with van der Waals surface area (Å²) < 4.78 is 0. The number of nitrogens with one attached hydrogen (secondary N) is 1. The highest BCUT2D eigenvalue weighted by Crippen LogP contribution is 2.32. The fraction of sp³-hybridized carbons (Fsp3) is 0.533. The molecule has 0 saturated carbocycles. The van der Waals surface area contributed by atoms with E-state index in [-0.39, 0.29) is 0 Å². The van der Waals surface area contributed by atoms with E-state index in [1.54, 1.807) is 6.33 Å². The molecule has 0 amide bonds. The second-order valence-corrected chi connectivity index (χ2v) is 5.74. The number of hydrogen-bond acceptors (Lipinski definition) is 4. The number of aromatic nitrogens is 4. The molecule has 4 rings (SSSR count). The fourth-order valence-electron chi connectivity index (χ4n) is 3.51. The van der Waals surface area contributed by atoms with Crippen LogP contribution < -0.4 is 4.90 Å². The molecule has 0 aromatic carbocycles. The highest BCUT2D eigenvalue weighted by atomic mass is 15.2. The monoisotopic (exact) mass is 269 g/mol. The third kappa shape index (κ3) is 1.97. The lowest BCUT2D eigenvalue weighted by Crippen LogP contribution is -2.36. The zero-order valence-electron chi connectivity index (χ0n) is 11.5. The van der Waals surface area contributed by atoms with Crippen LogP contribution in [-0.4, -0.2) is 33.0 Å². The van der Waals surface area contributed by atoms with Crippen LogP contribution in [0.3, 0.4) is 0 Å². The van der Waals surface area contributed by atoms with E-state index in [4.69, 9.17) is 0 Å². The molecule has 0 spiro atoms. The Kier molecular flexibility index (Phi) is 2.90. The Hall–Kier alpha value is -1.91. The highest BCUT2D eigenvalue weighted by Gasteiger charge is 2.27. The summed E-state index contributed by atoms with van der Waals surface area (Å²) >= 11 is 0. The van der Waals surface area contributed by atoms with E-state index in [0.29, 0.717) is 5.92 Å². The van der Waals surface area contributed by atoms with Crippen molar-refractivity contribution in [1.29, 1.82) is 0 Å². The molecule has 5 nitrogen and oxygen atoms in total. The third-order valence-electron chi connectivity index (χ3n) is 4.48. The second-order valence-electron chi connectivity index (χ2n) is 5.74. The van der Waals surface area contributed by atoms with Crippen LogP contribution in [0.1, 0.15) is 42.3 Å². The smallest absolute Gasteiger partial charge is 0.135 e. The quantitative estimate of drug-likeness (QED) is 0.906. The standard InChI is InChI=1S/C15H19N5/c1-4-12-13(5-1)18-10-19-15(12)20-8-2-3-11(9-20)14-16-6-7-17-14/h6-7,10-11H,1-5,8-9H2,(H,16,17)/t11-/m0/s1. The minimum Gasteiger partial charge on any atom is -0.356 e. The number of piperidine rings is 1. The molecular weight excluding hydrogens is 250 g/mol. The lowest BCUT2D eigenvalue weighted by molar-refractivity contribution is 0.490. The van der Waals surface area contributed by atoms with E-state index >= 15 is 0 Å². The zero-order valence-corrected chi connectivity index (χ0v) is 11.5. The molecule has 1 saturated heterocycles. The first-order valence-corrected chi connectivity index (χ1v) is 7.49. The number of nitrogens with zero attached hydrogens (tertiary/aromatic N) is 4. The van der Waals surface area contributed by atoms with Crippen LogP contribution in [0, 0.1) is 0 Å². The average molecular weight is 269 g/mol. The number of aromatic amines is 1. The van der Waals surface area contributed by atoms with Crippen LogP contribution in [0.25, 0.3) is 0 Å². The Morgan fingerprint density at radius 1 is 1.15 bits per heavy atom. The maximum Gasteiger partial charge on any atom is 0.135 e. The third-order valence-corrected chi connectivity index (χ3v) is 4.48. The predicted octanol–water partition coefficient (Wildman–Crippen LogP) is 2.07. The number of fused-ring (bicyclic) bond motifs is 1. The van der Waals surface area contributed by atoms with Crippen molar-refractivity contribution in [2.45, 2.75) is 38.0 Å². The second kappa shape index (κ2) is 4.89. The summed E-state index contributed by atoms with van der Waals surface area (Å²) in [5.74, 6) is 2.77. The molecule has 5 heteroatoms. The van der Waals surface area contributed by atoms with Crippen LogP contribution >= 0.6 is 0 Å². The maximum absolute atomic E-state index is 4.57. The molecule has 104 valence electrons. The average Bonchev–Trinajstić information content (AvgIpc) is 3.18. The molecule has 0 radical (unpaired) electrons. The Labute approximate surface area is 118 Å². The first-order chi connectivity index (χ1) is 9.92. The van der Waals surface area contributed by atoms with Gasteiger partial charge in [0.25, 0.3) is 0 Å². The molecular formula is C15H19N5. The van der Waals surface area contributed by atoms with Gasteiger partial charge < -0.3 is 9.88 Å². The van der Waals surface area contributed by atoms with Gasteiger partial charge in [-0.2, -0.15) is 0 Å². The van der Waals surface area contributed by atoms with Crippen molar-refractivity contribution in [3.05, 3.63) is 35.8 Å². The van der Waals surface area contributed by atoms with Crippen molar-refractivity contribution in [3.63, 3.8) is 0 Å². The van der Waals surface area contributed by atoms with Gasteiger partial charge in [0.05, 0.1) is 0 Å². The molecule has 20 heavy (non-hydrogen) atoms. The van der Waals surface area contributed by atoms with Crippen LogP contribution in [-0.2, 0) is 12.8 Å². The van der Waals surface area contributed by atoms with E-state index in [2.05, 4.69) is 24.8 Å². The summed E-state index contributed by atoms with van der Waals surface area (Å²) in [5.41, 5.74) is 2.64. The van der Waals surface area contributed by atoms with Crippen LogP contribution in [0.15, 0.2) is 18.7 Å². The molecule has 2 aromatic heterocycles. The molecule has 0 bridgehead atoms. The highest BCUT2D eigenvalue weighted by molar-refractivity contribution is 5.51. The summed E-state index contributed by atoms with van der Waals surface area (Å²) in [4.78, 5) is 19.1. The van der Waals surface area contributed by atoms with Gasteiger partial charge >= 0.3 is 0 Å². The molecule has 0 unspecified atom stereocenters. The van der Waals surface area contributed by atoms with Gasteiger partial charge in [0, 0.05) is 42.7 Å². The van der Waals surface area contributed by atoms with E-state index in [1.165, 1.54) is 36.3 Å². The van der Waals surface area contributed by atoms with Gasteiger partial charge in [-0.3, -0.25) is 0 Å². The normalized spacial score (nSPS) is 22.0. The molecule has 2 aromatic rings. The van der Waals surface area contributed by atoms with E-state index < -0.39 is 0 Å². The molecule has 2 aliphatic rings. The van der Waals surface area contributed by atoms with Crippen LogP contribution in [0.4, 0.5) is 5.82 Å². The minimum atomic E-state index is 0.491. The number of rotatable bonds is 2. The van der Waals surface area contributed by atoms with Crippen molar-refractivity contribution >= 4 is 5.82 Å². The van der Waals surface area contributed by atoms with Gasteiger partial charge in [0.1, 0.15) is 18.0 Å². The van der Waals surface area contributed by atoms with Gasteiger partial charge in [-0.25, -0.2) is 15.0 Å². The molecule has 1 fully saturated rings. The first-order valence-electron chi connectivity index (χ1n) is 7.49. The lowest BCUT2D eigenvalue weighted by atomic mass is 9.97. The molecule has 1 aliphatic heterocycles.